The van der Waals surface area contributed by atoms with Crippen LogP contribution < -0.4 is 5.32 Å². The molecule has 1 aromatic heterocycles. The zero-order chi connectivity index (χ0) is 16.4. The number of carbonyl (C=O) groups is 1. The van der Waals surface area contributed by atoms with E-state index in [9.17, 15) is 4.79 Å². The minimum absolute atomic E-state index is 0.0695. The van der Waals surface area contributed by atoms with Gasteiger partial charge in [0.15, 0.2) is 0 Å². The molecule has 0 spiro atoms. The van der Waals surface area contributed by atoms with E-state index < -0.39 is 0 Å². The molecule has 1 atom stereocenters. The molecule has 1 amide bonds. The highest BCUT2D eigenvalue weighted by atomic mass is 16.5. The van der Waals surface area contributed by atoms with Crippen LogP contribution in [0.2, 0.25) is 0 Å². The van der Waals surface area contributed by atoms with Gasteiger partial charge in [-0.15, -0.1) is 0 Å². The predicted octanol–water partition coefficient (Wildman–Crippen LogP) is 0.423. The smallest absolute Gasteiger partial charge is 0.274 e. The number of morpholine rings is 1. The maximum Gasteiger partial charge on any atom is 0.274 e. The third-order valence-corrected chi connectivity index (χ3v) is 5.33. The topological polar surface area (TPSA) is 73.5 Å². The highest BCUT2D eigenvalue weighted by Gasteiger charge is 2.31. The zero-order valence-electron chi connectivity index (χ0n) is 14.2. The van der Waals surface area contributed by atoms with Gasteiger partial charge in [-0.3, -0.25) is 14.8 Å². The Morgan fingerprint density at radius 2 is 2.17 bits per heavy atom. The molecule has 1 saturated carbocycles. The molecule has 3 aliphatic rings. The average Bonchev–Trinajstić information content (AvgIpc) is 3.12. The van der Waals surface area contributed by atoms with Crippen molar-refractivity contribution in [1.82, 2.24) is 25.3 Å². The molecule has 1 unspecified atom stereocenters. The van der Waals surface area contributed by atoms with Gasteiger partial charge in [-0.25, -0.2) is 0 Å². The summed E-state index contributed by atoms with van der Waals surface area (Å²) in [6.45, 7) is 7.04. The molecule has 7 heteroatoms. The first-order valence-corrected chi connectivity index (χ1v) is 9.18. The van der Waals surface area contributed by atoms with Gasteiger partial charge in [0.05, 0.1) is 13.2 Å². The summed E-state index contributed by atoms with van der Waals surface area (Å²) in [5, 5.41) is 10.7. The van der Waals surface area contributed by atoms with Crippen molar-refractivity contribution in [3.05, 3.63) is 17.5 Å². The first-order valence-electron chi connectivity index (χ1n) is 9.18. The van der Waals surface area contributed by atoms with Gasteiger partial charge in [-0.2, -0.15) is 5.10 Å². The summed E-state index contributed by atoms with van der Waals surface area (Å²) in [6, 6.07) is 2.24. The summed E-state index contributed by atoms with van der Waals surface area (Å²) in [5.41, 5.74) is 1.70. The number of hydrogen-bond acceptors (Lipinski definition) is 5. The molecule has 2 aliphatic heterocycles. The fourth-order valence-electron chi connectivity index (χ4n) is 3.63. The molecule has 132 valence electrons. The van der Waals surface area contributed by atoms with Crippen LogP contribution in [0, 0.1) is 0 Å². The van der Waals surface area contributed by atoms with Gasteiger partial charge in [0.1, 0.15) is 5.69 Å². The number of nitrogens with zero attached hydrogens (tertiary/aromatic N) is 3. The van der Waals surface area contributed by atoms with Crippen molar-refractivity contribution in [2.75, 3.05) is 52.5 Å². The highest BCUT2D eigenvalue weighted by molar-refractivity contribution is 5.92. The van der Waals surface area contributed by atoms with Crippen molar-refractivity contribution < 1.29 is 9.53 Å². The molecule has 1 aromatic rings. The number of aromatic amines is 1. The second kappa shape index (κ2) is 7.21. The number of amides is 1. The van der Waals surface area contributed by atoms with E-state index in [1.807, 2.05) is 11.0 Å². The SMILES string of the molecule is O=C(c1cc(C2CC2)[nH]n1)N(CCN1CCOCC1)C1CCNC1. The van der Waals surface area contributed by atoms with Gasteiger partial charge < -0.3 is 15.0 Å². The van der Waals surface area contributed by atoms with Gasteiger partial charge >= 0.3 is 0 Å². The Hall–Kier alpha value is -1.44. The van der Waals surface area contributed by atoms with Crippen LogP contribution in [-0.2, 0) is 4.74 Å². The summed E-state index contributed by atoms with van der Waals surface area (Å²) in [5.74, 6) is 0.661. The minimum atomic E-state index is 0.0695. The molecular formula is C17H27N5O2. The van der Waals surface area contributed by atoms with E-state index in [1.54, 1.807) is 0 Å². The average molecular weight is 333 g/mol. The molecule has 24 heavy (non-hydrogen) atoms. The number of hydrogen-bond donors (Lipinski definition) is 2. The van der Waals surface area contributed by atoms with Crippen LogP contribution >= 0.6 is 0 Å². The molecule has 2 saturated heterocycles. The molecule has 4 rings (SSSR count). The van der Waals surface area contributed by atoms with Crippen LogP contribution in [0.25, 0.3) is 0 Å². The lowest BCUT2D eigenvalue weighted by atomic mass is 10.2. The largest absolute Gasteiger partial charge is 0.379 e. The molecule has 3 fully saturated rings. The fraction of sp³-hybridized carbons (Fsp3) is 0.765. The van der Waals surface area contributed by atoms with E-state index in [1.165, 1.54) is 12.8 Å². The third-order valence-electron chi connectivity index (χ3n) is 5.33. The van der Waals surface area contributed by atoms with Gasteiger partial charge in [0, 0.05) is 50.4 Å². The van der Waals surface area contributed by atoms with Gasteiger partial charge in [-0.05, 0) is 31.9 Å². The first kappa shape index (κ1) is 16.1. The Balaban J connectivity index is 1.42. The van der Waals surface area contributed by atoms with Crippen LogP contribution in [0.5, 0.6) is 0 Å². The van der Waals surface area contributed by atoms with E-state index in [-0.39, 0.29) is 11.9 Å². The number of H-pyrrole nitrogens is 1. The summed E-state index contributed by atoms with van der Waals surface area (Å²) in [6.07, 6.45) is 3.45. The number of aromatic nitrogens is 2. The third kappa shape index (κ3) is 3.63. The van der Waals surface area contributed by atoms with E-state index >= 15 is 0 Å². The number of ether oxygens (including phenoxy) is 1. The van der Waals surface area contributed by atoms with Crippen molar-refractivity contribution in [3.63, 3.8) is 0 Å². The van der Waals surface area contributed by atoms with Gasteiger partial charge in [0.2, 0.25) is 0 Å². The number of rotatable bonds is 6. The van der Waals surface area contributed by atoms with Crippen LogP contribution in [0.4, 0.5) is 0 Å². The van der Waals surface area contributed by atoms with Gasteiger partial charge in [-0.1, -0.05) is 0 Å². The van der Waals surface area contributed by atoms with E-state index in [0.29, 0.717) is 11.6 Å². The van der Waals surface area contributed by atoms with Crippen LogP contribution in [-0.4, -0.2) is 84.4 Å². The molecule has 7 nitrogen and oxygen atoms in total. The van der Waals surface area contributed by atoms with Crippen LogP contribution in [0.3, 0.4) is 0 Å². The molecule has 2 N–H and O–H groups in total. The summed E-state index contributed by atoms with van der Waals surface area (Å²) < 4.78 is 5.41. The van der Waals surface area contributed by atoms with E-state index in [2.05, 4.69) is 20.4 Å². The van der Waals surface area contributed by atoms with E-state index in [0.717, 1.165) is 64.6 Å². The van der Waals surface area contributed by atoms with Crippen molar-refractivity contribution in [1.29, 1.82) is 0 Å². The lowest BCUT2D eigenvalue weighted by Crippen LogP contribution is -2.47. The molecule has 3 heterocycles. The fourth-order valence-corrected chi connectivity index (χ4v) is 3.63. The Bertz CT molecular complexity index is 559. The second-order valence-corrected chi connectivity index (χ2v) is 7.08. The molecule has 0 radical (unpaired) electrons. The lowest BCUT2D eigenvalue weighted by Gasteiger charge is -2.32. The summed E-state index contributed by atoms with van der Waals surface area (Å²) >= 11 is 0. The van der Waals surface area contributed by atoms with Crippen molar-refractivity contribution in [2.45, 2.75) is 31.2 Å². The number of nitrogens with one attached hydrogen (secondary N) is 2. The standard InChI is InChI=1S/C17H27N5O2/c23-17(16-11-15(19-20-16)13-1-2-13)22(14-3-4-18-12-14)6-5-21-7-9-24-10-8-21/h11,13-14,18H,1-10,12H2,(H,19,20). The maximum absolute atomic E-state index is 13.0. The lowest BCUT2D eigenvalue weighted by molar-refractivity contribution is 0.0300. The quantitative estimate of drug-likeness (QED) is 0.789. The first-order chi connectivity index (χ1) is 11.8. The molecule has 0 aromatic carbocycles. The normalized spacial score (nSPS) is 25.1. The molecular weight excluding hydrogens is 306 g/mol. The maximum atomic E-state index is 13.0. The van der Waals surface area contributed by atoms with E-state index in [4.69, 9.17) is 4.74 Å². The highest BCUT2D eigenvalue weighted by Crippen LogP contribution is 2.39. The molecule has 1 aliphatic carbocycles. The van der Waals surface area contributed by atoms with Gasteiger partial charge in [0.25, 0.3) is 5.91 Å². The Morgan fingerprint density at radius 1 is 1.33 bits per heavy atom. The summed E-state index contributed by atoms with van der Waals surface area (Å²) in [4.78, 5) is 17.4. The predicted molar refractivity (Wildman–Crippen MR) is 90.1 cm³/mol. The van der Waals surface area contributed by atoms with Crippen LogP contribution in [0.1, 0.15) is 41.4 Å². The van der Waals surface area contributed by atoms with Crippen molar-refractivity contribution >= 4 is 5.91 Å². The Morgan fingerprint density at radius 3 is 2.88 bits per heavy atom. The van der Waals surface area contributed by atoms with Crippen molar-refractivity contribution in [2.24, 2.45) is 0 Å². The monoisotopic (exact) mass is 333 g/mol. The molecule has 0 bridgehead atoms. The second-order valence-electron chi connectivity index (χ2n) is 7.08. The Kier molecular flexibility index (Phi) is 4.82. The minimum Gasteiger partial charge on any atom is -0.379 e. The summed E-state index contributed by atoms with van der Waals surface area (Å²) in [7, 11) is 0. The zero-order valence-corrected chi connectivity index (χ0v) is 14.2. The number of carbonyl (C=O) groups excluding carboxylic acids is 1. The van der Waals surface area contributed by atoms with Crippen LogP contribution in [0.15, 0.2) is 6.07 Å². The van der Waals surface area contributed by atoms with Crippen molar-refractivity contribution in [3.8, 4) is 0 Å². The Labute approximate surface area is 142 Å².